The van der Waals surface area contributed by atoms with Gasteiger partial charge in [-0.15, -0.1) is 0 Å². The Morgan fingerprint density at radius 2 is 1.95 bits per heavy atom. The van der Waals surface area contributed by atoms with E-state index in [0.29, 0.717) is 6.42 Å². The first kappa shape index (κ1) is 15.7. The summed E-state index contributed by atoms with van der Waals surface area (Å²) in [5, 5.41) is 3.49. The van der Waals surface area contributed by atoms with Crippen molar-refractivity contribution in [3.63, 3.8) is 0 Å². The van der Waals surface area contributed by atoms with Crippen LogP contribution in [0, 0.1) is 0 Å². The van der Waals surface area contributed by atoms with E-state index in [1.165, 1.54) is 12.7 Å². The van der Waals surface area contributed by atoms with Gasteiger partial charge in [0.25, 0.3) is 0 Å². The average molecular weight is 263 g/mol. The summed E-state index contributed by atoms with van der Waals surface area (Å²) in [7, 11) is 1.43. The van der Waals surface area contributed by atoms with Gasteiger partial charge in [0.2, 0.25) is 0 Å². The van der Waals surface area contributed by atoms with Crippen LogP contribution in [0.2, 0.25) is 0 Å². The molecule has 1 rings (SSSR count). The van der Waals surface area contributed by atoms with Gasteiger partial charge in [-0.25, -0.2) is 0 Å². The number of hydrogen-bond donors (Lipinski definition) is 1. The molecule has 0 aliphatic rings. The molecule has 3 heteroatoms. The molecule has 0 heterocycles. The fourth-order valence-corrected chi connectivity index (χ4v) is 2.23. The predicted molar refractivity (Wildman–Crippen MR) is 78.1 cm³/mol. The van der Waals surface area contributed by atoms with Gasteiger partial charge in [-0.05, 0) is 39.2 Å². The van der Waals surface area contributed by atoms with Crippen LogP contribution in [-0.2, 0) is 16.0 Å². The lowest BCUT2D eigenvalue weighted by Crippen LogP contribution is -2.45. The Hall–Kier alpha value is -1.35. The van der Waals surface area contributed by atoms with Gasteiger partial charge in [0.05, 0.1) is 13.5 Å². The van der Waals surface area contributed by atoms with Crippen molar-refractivity contribution in [1.29, 1.82) is 0 Å². The quantitative estimate of drug-likeness (QED) is 0.769. The molecule has 0 aliphatic carbocycles. The highest BCUT2D eigenvalue weighted by Gasteiger charge is 2.21. The van der Waals surface area contributed by atoms with E-state index in [2.05, 4.69) is 48.2 Å². The van der Waals surface area contributed by atoms with Crippen molar-refractivity contribution < 1.29 is 9.53 Å². The standard InChI is InChI=1S/C16H25NO2/c1-13(12-15(18)19-4)17-16(2,3)11-10-14-8-6-5-7-9-14/h5-9,13,17H,10-12H2,1-4H3. The second kappa shape index (κ2) is 7.29. The zero-order valence-electron chi connectivity index (χ0n) is 12.4. The van der Waals surface area contributed by atoms with Crippen molar-refractivity contribution in [3.05, 3.63) is 35.9 Å². The van der Waals surface area contributed by atoms with Crippen LogP contribution in [-0.4, -0.2) is 24.7 Å². The molecule has 0 spiro atoms. The molecule has 0 fully saturated rings. The van der Waals surface area contributed by atoms with E-state index in [4.69, 9.17) is 0 Å². The zero-order valence-corrected chi connectivity index (χ0v) is 12.4. The fourth-order valence-electron chi connectivity index (χ4n) is 2.23. The van der Waals surface area contributed by atoms with Crippen molar-refractivity contribution in [1.82, 2.24) is 5.32 Å². The summed E-state index contributed by atoms with van der Waals surface area (Å²) < 4.78 is 4.69. The molecule has 19 heavy (non-hydrogen) atoms. The lowest BCUT2D eigenvalue weighted by molar-refractivity contribution is -0.141. The van der Waals surface area contributed by atoms with E-state index >= 15 is 0 Å². The fraction of sp³-hybridized carbons (Fsp3) is 0.562. The molecule has 0 saturated heterocycles. The first-order valence-corrected chi connectivity index (χ1v) is 6.81. The summed E-state index contributed by atoms with van der Waals surface area (Å²) >= 11 is 0. The Labute approximate surface area is 116 Å². The van der Waals surface area contributed by atoms with Crippen molar-refractivity contribution in [2.45, 2.75) is 51.6 Å². The van der Waals surface area contributed by atoms with Gasteiger partial charge in [0.15, 0.2) is 0 Å². The summed E-state index contributed by atoms with van der Waals surface area (Å²) in [6, 6.07) is 10.6. The molecule has 0 radical (unpaired) electrons. The Kier molecular flexibility index (Phi) is 6.03. The average Bonchev–Trinajstić information content (AvgIpc) is 2.37. The summed E-state index contributed by atoms with van der Waals surface area (Å²) in [5.41, 5.74) is 1.35. The van der Waals surface area contributed by atoms with Crippen molar-refractivity contribution in [2.24, 2.45) is 0 Å². The number of carbonyl (C=O) groups is 1. The predicted octanol–water partition coefficient (Wildman–Crippen LogP) is 2.94. The first-order chi connectivity index (χ1) is 8.93. The maximum absolute atomic E-state index is 11.2. The molecule has 1 atom stereocenters. The first-order valence-electron chi connectivity index (χ1n) is 6.81. The number of aryl methyl sites for hydroxylation is 1. The maximum Gasteiger partial charge on any atom is 0.307 e. The number of ether oxygens (including phenoxy) is 1. The molecule has 106 valence electrons. The minimum Gasteiger partial charge on any atom is -0.469 e. The van der Waals surface area contributed by atoms with Crippen LogP contribution in [0.1, 0.15) is 39.2 Å². The van der Waals surface area contributed by atoms with E-state index in [0.717, 1.165) is 12.8 Å². The molecule has 0 bridgehead atoms. The van der Waals surface area contributed by atoms with Gasteiger partial charge in [0.1, 0.15) is 0 Å². The molecule has 0 aliphatic heterocycles. The Morgan fingerprint density at radius 1 is 1.32 bits per heavy atom. The summed E-state index contributed by atoms with van der Waals surface area (Å²) in [6.45, 7) is 6.36. The van der Waals surface area contributed by atoms with Gasteiger partial charge in [-0.1, -0.05) is 30.3 Å². The van der Waals surface area contributed by atoms with Crippen molar-refractivity contribution in [2.75, 3.05) is 7.11 Å². The monoisotopic (exact) mass is 263 g/mol. The number of benzene rings is 1. The molecule has 0 saturated carbocycles. The highest BCUT2D eigenvalue weighted by Crippen LogP contribution is 2.15. The van der Waals surface area contributed by atoms with Crippen LogP contribution in [0.25, 0.3) is 0 Å². The Morgan fingerprint density at radius 3 is 2.53 bits per heavy atom. The van der Waals surface area contributed by atoms with Crippen LogP contribution in [0.4, 0.5) is 0 Å². The topological polar surface area (TPSA) is 38.3 Å². The Balaban J connectivity index is 2.40. The number of esters is 1. The molecule has 1 unspecified atom stereocenters. The van der Waals surface area contributed by atoms with Crippen LogP contribution in [0.5, 0.6) is 0 Å². The number of rotatable bonds is 7. The lowest BCUT2D eigenvalue weighted by atomic mass is 9.94. The zero-order chi connectivity index (χ0) is 14.3. The number of carbonyl (C=O) groups excluding carboxylic acids is 1. The SMILES string of the molecule is COC(=O)CC(C)NC(C)(C)CCc1ccccc1. The van der Waals surface area contributed by atoms with E-state index in [-0.39, 0.29) is 17.6 Å². The Bertz CT molecular complexity index is 387. The van der Waals surface area contributed by atoms with Crippen LogP contribution >= 0.6 is 0 Å². The van der Waals surface area contributed by atoms with Gasteiger partial charge in [-0.3, -0.25) is 4.79 Å². The smallest absolute Gasteiger partial charge is 0.307 e. The van der Waals surface area contributed by atoms with Gasteiger partial charge >= 0.3 is 5.97 Å². The van der Waals surface area contributed by atoms with Crippen molar-refractivity contribution >= 4 is 5.97 Å². The molecule has 0 amide bonds. The highest BCUT2D eigenvalue weighted by molar-refractivity contribution is 5.69. The van der Waals surface area contributed by atoms with E-state index in [1.807, 2.05) is 13.0 Å². The molecule has 1 aromatic rings. The second-order valence-electron chi connectivity index (χ2n) is 5.70. The highest BCUT2D eigenvalue weighted by atomic mass is 16.5. The molecule has 0 aromatic heterocycles. The number of hydrogen-bond acceptors (Lipinski definition) is 3. The summed E-state index contributed by atoms with van der Waals surface area (Å²) in [6.07, 6.45) is 2.47. The largest absolute Gasteiger partial charge is 0.469 e. The molecular formula is C16H25NO2. The maximum atomic E-state index is 11.2. The number of methoxy groups -OCH3 is 1. The van der Waals surface area contributed by atoms with E-state index < -0.39 is 0 Å². The van der Waals surface area contributed by atoms with Gasteiger partial charge in [-0.2, -0.15) is 0 Å². The van der Waals surface area contributed by atoms with E-state index in [9.17, 15) is 4.79 Å². The van der Waals surface area contributed by atoms with Crippen LogP contribution in [0.15, 0.2) is 30.3 Å². The summed E-state index contributed by atoms with van der Waals surface area (Å²) in [5.74, 6) is -0.168. The molecule has 1 N–H and O–H groups in total. The third-order valence-electron chi connectivity index (χ3n) is 3.22. The molecule has 3 nitrogen and oxygen atoms in total. The van der Waals surface area contributed by atoms with Gasteiger partial charge in [0, 0.05) is 11.6 Å². The summed E-state index contributed by atoms with van der Waals surface area (Å²) in [4.78, 5) is 11.2. The number of nitrogens with one attached hydrogen (secondary N) is 1. The third kappa shape index (κ3) is 6.39. The molecule has 1 aromatic carbocycles. The minimum absolute atomic E-state index is 0.00325. The van der Waals surface area contributed by atoms with Gasteiger partial charge < -0.3 is 10.1 Å². The van der Waals surface area contributed by atoms with Crippen LogP contribution in [0.3, 0.4) is 0 Å². The third-order valence-corrected chi connectivity index (χ3v) is 3.22. The second-order valence-corrected chi connectivity index (χ2v) is 5.70. The normalized spacial score (nSPS) is 13.1. The molecular weight excluding hydrogens is 238 g/mol. The van der Waals surface area contributed by atoms with E-state index in [1.54, 1.807) is 0 Å². The van der Waals surface area contributed by atoms with Crippen LogP contribution < -0.4 is 5.32 Å². The lowest BCUT2D eigenvalue weighted by Gasteiger charge is -2.30. The van der Waals surface area contributed by atoms with Crippen molar-refractivity contribution in [3.8, 4) is 0 Å². The minimum atomic E-state index is -0.168.